The number of hydrogen-bond donors (Lipinski definition) is 0. The van der Waals surface area contributed by atoms with Gasteiger partial charge in [0.25, 0.3) is 5.56 Å². The molecule has 0 radical (unpaired) electrons. The Bertz CT molecular complexity index is 1440. The second-order valence-electron chi connectivity index (χ2n) is 8.13. The topological polar surface area (TPSA) is 86.6 Å². The molecule has 0 N–H and O–H groups in total. The van der Waals surface area contributed by atoms with Crippen LogP contribution in [0.3, 0.4) is 0 Å². The molecule has 0 saturated heterocycles. The van der Waals surface area contributed by atoms with Crippen LogP contribution in [0.25, 0.3) is 28.0 Å². The third-order valence-electron chi connectivity index (χ3n) is 5.96. The quantitative estimate of drug-likeness (QED) is 0.402. The van der Waals surface area contributed by atoms with E-state index in [1.54, 1.807) is 50.7 Å². The van der Waals surface area contributed by atoms with E-state index < -0.39 is 0 Å². The minimum absolute atomic E-state index is 0.206. The van der Waals surface area contributed by atoms with Gasteiger partial charge in [0.05, 0.1) is 36.8 Å². The Morgan fingerprint density at radius 3 is 2.64 bits per heavy atom. The summed E-state index contributed by atoms with van der Waals surface area (Å²) in [7, 11) is 3.15. The molecule has 5 rings (SSSR count). The first kappa shape index (κ1) is 20.7. The van der Waals surface area contributed by atoms with Gasteiger partial charge in [-0.25, -0.2) is 0 Å². The Hall–Kier alpha value is -4.18. The molecule has 0 amide bonds. The molecule has 7 heteroatoms. The van der Waals surface area contributed by atoms with Crippen molar-refractivity contribution in [1.82, 2.24) is 4.57 Å². The number of benzene rings is 2. The molecule has 2 aromatic heterocycles. The van der Waals surface area contributed by atoms with Crippen molar-refractivity contribution >= 4 is 11.0 Å². The van der Waals surface area contributed by atoms with Crippen LogP contribution in [0.5, 0.6) is 17.2 Å². The fraction of sp³-hybridized carbons (Fsp3) is 0.231. The Balaban J connectivity index is 1.48. The number of furan rings is 1. The first-order chi connectivity index (χ1) is 16.1. The summed E-state index contributed by atoms with van der Waals surface area (Å²) >= 11 is 0. The molecule has 2 heterocycles. The van der Waals surface area contributed by atoms with Gasteiger partial charge in [-0.3, -0.25) is 9.36 Å². The summed E-state index contributed by atoms with van der Waals surface area (Å²) < 4.78 is 24.1. The van der Waals surface area contributed by atoms with Crippen molar-refractivity contribution in [1.29, 1.82) is 5.26 Å². The highest BCUT2D eigenvalue weighted by atomic mass is 16.5. The van der Waals surface area contributed by atoms with Crippen molar-refractivity contribution in [3.05, 3.63) is 71.1 Å². The number of hydrogen-bond acceptors (Lipinski definition) is 6. The fourth-order valence-corrected chi connectivity index (χ4v) is 3.74. The second kappa shape index (κ2) is 8.06. The Kier molecular flexibility index (Phi) is 5.06. The van der Waals surface area contributed by atoms with Crippen molar-refractivity contribution in [2.75, 3.05) is 20.8 Å². The predicted octanol–water partition coefficient (Wildman–Crippen LogP) is 4.95. The van der Waals surface area contributed by atoms with Gasteiger partial charge in [0.15, 0.2) is 11.5 Å². The number of ether oxygens (including phenoxy) is 3. The molecule has 0 bridgehead atoms. The lowest BCUT2D eigenvalue weighted by molar-refractivity contribution is 0.255. The van der Waals surface area contributed by atoms with Gasteiger partial charge in [0, 0.05) is 17.8 Å². The van der Waals surface area contributed by atoms with Gasteiger partial charge >= 0.3 is 0 Å². The van der Waals surface area contributed by atoms with Gasteiger partial charge in [-0.05, 0) is 49.2 Å². The minimum atomic E-state index is -0.382. The normalized spacial score (nSPS) is 14.0. The van der Waals surface area contributed by atoms with Crippen LogP contribution in [0.2, 0.25) is 0 Å². The molecule has 166 valence electrons. The number of nitriles is 1. The van der Waals surface area contributed by atoms with Crippen molar-refractivity contribution in [3.8, 4) is 40.3 Å². The molecule has 1 aliphatic carbocycles. The average molecular weight is 442 g/mol. The molecule has 0 aliphatic heterocycles. The van der Waals surface area contributed by atoms with Crippen LogP contribution in [0.4, 0.5) is 0 Å². The molecule has 2 aromatic carbocycles. The molecule has 0 unspecified atom stereocenters. The lowest BCUT2D eigenvalue weighted by Gasteiger charge is -2.14. The highest BCUT2D eigenvalue weighted by molar-refractivity contribution is 5.82. The van der Waals surface area contributed by atoms with Crippen LogP contribution in [0.1, 0.15) is 12.8 Å². The Labute approximate surface area is 190 Å². The Morgan fingerprint density at radius 2 is 1.91 bits per heavy atom. The highest BCUT2D eigenvalue weighted by Crippen LogP contribution is 2.45. The van der Waals surface area contributed by atoms with Crippen molar-refractivity contribution in [2.24, 2.45) is 5.41 Å². The standard InChI is InChI=1S/C26H22N2O5/c1-30-19-5-3-4-17(12-19)23-14-20-21(33-23)8-11-28(25(20)29)18-6-7-22(24(13-18)31-2)32-16-26(15-27)9-10-26/h3-8,11-14H,9-10,16H2,1-2H3. The van der Waals surface area contributed by atoms with Gasteiger partial charge in [0.2, 0.25) is 0 Å². The maximum Gasteiger partial charge on any atom is 0.266 e. The zero-order chi connectivity index (χ0) is 23.0. The number of pyridine rings is 1. The number of aromatic nitrogens is 1. The maximum absolute atomic E-state index is 13.3. The van der Waals surface area contributed by atoms with E-state index in [0.29, 0.717) is 46.3 Å². The zero-order valence-electron chi connectivity index (χ0n) is 18.3. The lowest BCUT2D eigenvalue weighted by atomic mass is 10.1. The summed E-state index contributed by atoms with van der Waals surface area (Å²) in [5.41, 5.74) is 1.38. The predicted molar refractivity (Wildman–Crippen MR) is 123 cm³/mol. The van der Waals surface area contributed by atoms with Crippen LogP contribution in [-0.4, -0.2) is 25.4 Å². The van der Waals surface area contributed by atoms with Gasteiger partial charge < -0.3 is 18.6 Å². The van der Waals surface area contributed by atoms with Gasteiger partial charge in [0.1, 0.15) is 23.7 Å². The maximum atomic E-state index is 13.3. The number of rotatable bonds is 7. The van der Waals surface area contributed by atoms with Crippen molar-refractivity contribution in [2.45, 2.75) is 12.8 Å². The summed E-state index contributed by atoms with van der Waals surface area (Å²) in [5, 5.41) is 9.73. The van der Waals surface area contributed by atoms with Gasteiger partial charge in [-0.15, -0.1) is 0 Å². The number of nitrogens with zero attached hydrogens (tertiary/aromatic N) is 2. The third-order valence-corrected chi connectivity index (χ3v) is 5.96. The van der Waals surface area contributed by atoms with E-state index in [9.17, 15) is 10.1 Å². The van der Waals surface area contributed by atoms with Gasteiger partial charge in [-0.1, -0.05) is 12.1 Å². The molecule has 0 atom stereocenters. The van der Waals surface area contributed by atoms with Crippen LogP contribution in [-0.2, 0) is 0 Å². The molecule has 7 nitrogen and oxygen atoms in total. The summed E-state index contributed by atoms with van der Waals surface area (Å²) in [6.07, 6.45) is 3.37. The second-order valence-corrected chi connectivity index (χ2v) is 8.13. The molecule has 4 aromatic rings. The average Bonchev–Trinajstić information content (AvgIpc) is 3.51. The van der Waals surface area contributed by atoms with E-state index >= 15 is 0 Å². The number of fused-ring (bicyclic) bond motifs is 1. The largest absolute Gasteiger partial charge is 0.497 e. The first-order valence-corrected chi connectivity index (χ1v) is 10.6. The van der Waals surface area contributed by atoms with Crippen LogP contribution < -0.4 is 19.8 Å². The van der Waals surface area contributed by atoms with Gasteiger partial charge in [-0.2, -0.15) is 5.26 Å². The number of methoxy groups -OCH3 is 2. The van der Waals surface area contributed by atoms with E-state index in [4.69, 9.17) is 18.6 Å². The third kappa shape index (κ3) is 3.80. The molecule has 1 aliphatic rings. The van der Waals surface area contributed by atoms with E-state index in [0.717, 1.165) is 18.4 Å². The summed E-state index contributed by atoms with van der Waals surface area (Å²) in [4.78, 5) is 13.3. The molecule has 33 heavy (non-hydrogen) atoms. The lowest BCUT2D eigenvalue weighted by Crippen LogP contribution is -2.17. The highest BCUT2D eigenvalue weighted by Gasteiger charge is 2.44. The first-order valence-electron chi connectivity index (χ1n) is 10.6. The van der Waals surface area contributed by atoms with Crippen molar-refractivity contribution < 1.29 is 18.6 Å². The van der Waals surface area contributed by atoms with E-state index in [-0.39, 0.29) is 11.0 Å². The Morgan fingerprint density at radius 1 is 1.06 bits per heavy atom. The van der Waals surface area contributed by atoms with Crippen LogP contribution in [0.15, 0.2) is 70.0 Å². The van der Waals surface area contributed by atoms with E-state index in [1.165, 1.54) is 4.57 Å². The SMILES string of the molecule is COc1cccc(-c2cc3c(=O)n(-c4ccc(OCC5(C#N)CC5)c(OC)c4)ccc3o2)c1. The smallest absolute Gasteiger partial charge is 0.266 e. The molecular formula is C26H22N2O5. The summed E-state index contributed by atoms with van der Waals surface area (Å²) in [6.45, 7) is 0.327. The fourth-order valence-electron chi connectivity index (χ4n) is 3.74. The van der Waals surface area contributed by atoms with E-state index in [2.05, 4.69) is 6.07 Å². The van der Waals surface area contributed by atoms with Crippen LogP contribution in [0, 0.1) is 16.7 Å². The summed E-state index contributed by atoms with van der Waals surface area (Å²) in [6, 6.07) is 18.6. The molecule has 1 saturated carbocycles. The van der Waals surface area contributed by atoms with E-state index in [1.807, 2.05) is 24.3 Å². The molecular weight excluding hydrogens is 420 g/mol. The molecule has 0 spiro atoms. The minimum Gasteiger partial charge on any atom is -0.497 e. The molecule has 1 fully saturated rings. The van der Waals surface area contributed by atoms with Crippen LogP contribution >= 0.6 is 0 Å². The summed E-state index contributed by atoms with van der Waals surface area (Å²) in [5.74, 6) is 2.34. The monoisotopic (exact) mass is 442 g/mol. The van der Waals surface area contributed by atoms with Crippen molar-refractivity contribution in [3.63, 3.8) is 0 Å². The zero-order valence-corrected chi connectivity index (χ0v) is 18.3.